The van der Waals surface area contributed by atoms with Crippen LogP contribution in [0.25, 0.3) is 10.9 Å². The van der Waals surface area contributed by atoms with Gasteiger partial charge in [-0.3, -0.25) is 14.3 Å². The maximum Gasteiger partial charge on any atom is 0.262 e. The molecule has 0 fully saturated rings. The van der Waals surface area contributed by atoms with Crippen LogP contribution in [0.4, 0.5) is 0 Å². The molecule has 1 aromatic heterocycles. The van der Waals surface area contributed by atoms with Crippen molar-refractivity contribution in [1.82, 2.24) is 14.5 Å². The highest BCUT2D eigenvalue weighted by Gasteiger charge is 2.16. The predicted molar refractivity (Wildman–Crippen MR) is 114 cm³/mol. The number of hydrogen-bond donors (Lipinski definition) is 0. The lowest BCUT2D eigenvalue weighted by Crippen LogP contribution is -2.40. The fourth-order valence-electron chi connectivity index (χ4n) is 3.27. The third-order valence-electron chi connectivity index (χ3n) is 4.64. The Hall–Kier alpha value is -1.66. The first-order valence-corrected chi connectivity index (χ1v) is 10.7. The molecule has 0 radical (unpaired) electrons. The summed E-state index contributed by atoms with van der Waals surface area (Å²) in [6.45, 7) is 11.7. The average Bonchev–Trinajstić information content (AvgIpc) is 2.60. The number of aromatic nitrogens is 2. The molecule has 148 valence electrons. The number of hydrogen-bond acceptors (Lipinski definition) is 5. The lowest BCUT2D eigenvalue weighted by atomic mass is 10.2. The molecule has 6 heteroatoms. The second kappa shape index (κ2) is 10.0. The van der Waals surface area contributed by atoms with Crippen LogP contribution in [0.3, 0.4) is 0 Å². The van der Waals surface area contributed by atoms with Gasteiger partial charge < -0.3 is 4.79 Å². The van der Waals surface area contributed by atoms with Gasteiger partial charge in [-0.05, 0) is 53.2 Å². The highest BCUT2D eigenvalue weighted by Crippen LogP contribution is 2.19. The number of benzene rings is 1. The summed E-state index contributed by atoms with van der Waals surface area (Å²) in [7, 11) is 0. The molecular weight excluding hydrogens is 358 g/mol. The Morgan fingerprint density at radius 3 is 2.48 bits per heavy atom. The maximum absolute atomic E-state index is 13.1. The molecule has 1 aromatic carbocycles. The Balaban J connectivity index is 2.30. The minimum absolute atomic E-state index is 0.0159. The van der Waals surface area contributed by atoms with Gasteiger partial charge in [0.2, 0.25) is 0 Å². The van der Waals surface area contributed by atoms with Crippen molar-refractivity contribution in [3.05, 3.63) is 34.6 Å². The molecule has 0 unspecified atom stereocenters. The lowest BCUT2D eigenvalue weighted by Gasteiger charge is -2.30. The highest BCUT2D eigenvalue weighted by molar-refractivity contribution is 7.99. The summed E-state index contributed by atoms with van der Waals surface area (Å²) in [5.41, 5.74) is 0.750. The van der Waals surface area contributed by atoms with Gasteiger partial charge in [0.05, 0.1) is 10.9 Å². The third-order valence-corrected chi connectivity index (χ3v) is 5.70. The number of rotatable bonds is 10. The number of Topliss-reactive ketones (excluding diaryl/α,β-unsaturated/α-hetero) is 1. The van der Waals surface area contributed by atoms with Gasteiger partial charge in [0.1, 0.15) is 5.78 Å². The number of thioether (sulfide) groups is 1. The largest absolute Gasteiger partial charge is 0.300 e. The molecular formula is C21H31N3O2S. The standard InChI is InChI=1S/C21H31N3O2S/c1-15(2)23(16(3)4)12-13-24-20(26)18-10-6-7-11-19(18)22-21(24)27-14-8-9-17(5)25/h6-7,10-11,15-16H,8-9,12-14H2,1-5H3. The van der Waals surface area contributed by atoms with Gasteiger partial charge in [-0.2, -0.15) is 0 Å². The van der Waals surface area contributed by atoms with Crippen LogP contribution in [-0.2, 0) is 11.3 Å². The summed E-state index contributed by atoms with van der Waals surface area (Å²) >= 11 is 1.57. The van der Waals surface area contributed by atoms with E-state index in [0.29, 0.717) is 30.4 Å². The van der Waals surface area contributed by atoms with E-state index in [1.54, 1.807) is 23.3 Å². The van der Waals surface area contributed by atoms with Crippen molar-refractivity contribution >= 4 is 28.4 Å². The minimum Gasteiger partial charge on any atom is -0.300 e. The van der Waals surface area contributed by atoms with Gasteiger partial charge in [-0.15, -0.1) is 0 Å². The van der Waals surface area contributed by atoms with Gasteiger partial charge >= 0.3 is 0 Å². The smallest absolute Gasteiger partial charge is 0.262 e. The van der Waals surface area contributed by atoms with E-state index in [4.69, 9.17) is 4.98 Å². The maximum atomic E-state index is 13.1. The van der Waals surface area contributed by atoms with Crippen LogP contribution in [-0.4, -0.2) is 44.6 Å². The molecule has 0 spiro atoms. The van der Waals surface area contributed by atoms with Gasteiger partial charge in [-0.25, -0.2) is 4.98 Å². The van der Waals surface area contributed by atoms with Crippen LogP contribution >= 0.6 is 11.8 Å². The number of fused-ring (bicyclic) bond motifs is 1. The van der Waals surface area contributed by atoms with E-state index < -0.39 is 0 Å². The van der Waals surface area contributed by atoms with Crippen LogP contribution in [0.5, 0.6) is 0 Å². The second-order valence-corrected chi connectivity index (χ2v) is 8.51. The first-order chi connectivity index (χ1) is 12.8. The van der Waals surface area contributed by atoms with Crippen molar-refractivity contribution in [2.75, 3.05) is 12.3 Å². The average molecular weight is 390 g/mol. The molecule has 0 aliphatic heterocycles. The van der Waals surface area contributed by atoms with Gasteiger partial charge in [-0.1, -0.05) is 23.9 Å². The lowest BCUT2D eigenvalue weighted by molar-refractivity contribution is -0.117. The van der Waals surface area contributed by atoms with E-state index in [-0.39, 0.29) is 11.3 Å². The number of ketones is 1. The Morgan fingerprint density at radius 2 is 1.85 bits per heavy atom. The summed E-state index contributed by atoms with van der Waals surface area (Å²) in [6, 6.07) is 8.34. The van der Waals surface area contributed by atoms with Gasteiger partial charge in [0, 0.05) is 37.3 Å². The molecule has 0 saturated carbocycles. The van der Waals surface area contributed by atoms with Crippen LogP contribution in [0.2, 0.25) is 0 Å². The molecule has 0 atom stereocenters. The molecule has 0 bridgehead atoms. The zero-order valence-corrected chi connectivity index (χ0v) is 17.9. The molecule has 0 aliphatic rings. The van der Waals surface area contributed by atoms with Crippen molar-refractivity contribution in [3.63, 3.8) is 0 Å². The molecule has 1 heterocycles. The number of nitrogens with zero attached hydrogens (tertiary/aromatic N) is 3. The normalized spacial score (nSPS) is 11.9. The van der Waals surface area contributed by atoms with Crippen molar-refractivity contribution in [3.8, 4) is 0 Å². The Labute approximate surface area is 166 Å². The van der Waals surface area contributed by atoms with Crippen molar-refractivity contribution < 1.29 is 4.79 Å². The zero-order chi connectivity index (χ0) is 20.0. The van der Waals surface area contributed by atoms with Crippen molar-refractivity contribution in [2.45, 2.75) is 71.2 Å². The van der Waals surface area contributed by atoms with Gasteiger partial charge in [0.25, 0.3) is 5.56 Å². The van der Waals surface area contributed by atoms with Crippen molar-refractivity contribution in [2.24, 2.45) is 0 Å². The van der Waals surface area contributed by atoms with E-state index >= 15 is 0 Å². The molecule has 2 rings (SSSR count). The first kappa shape index (κ1) is 21.6. The van der Waals surface area contributed by atoms with Crippen LogP contribution < -0.4 is 5.56 Å². The van der Waals surface area contributed by atoms with E-state index in [9.17, 15) is 9.59 Å². The monoisotopic (exact) mass is 389 g/mol. The Morgan fingerprint density at radius 1 is 1.19 bits per heavy atom. The number of carbonyl (C=O) groups excluding carboxylic acids is 1. The van der Waals surface area contributed by atoms with E-state index in [1.165, 1.54) is 0 Å². The van der Waals surface area contributed by atoms with Crippen molar-refractivity contribution in [1.29, 1.82) is 0 Å². The summed E-state index contributed by atoms with van der Waals surface area (Å²) in [4.78, 5) is 31.4. The Bertz CT molecular complexity index is 822. The quantitative estimate of drug-likeness (QED) is 0.349. The fourth-order valence-corrected chi connectivity index (χ4v) is 4.23. The summed E-state index contributed by atoms with van der Waals surface area (Å²) in [5, 5.41) is 1.40. The summed E-state index contributed by atoms with van der Waals surface area (Å²) in [5.74, 6) is 0.978. The highest BCUT2D eigenvalue weighted by atomic mass is 32.2. The predicted octanol–water partition coefficient (Wildman–Crippen LogP) is 3.98. The molecule has 2 aromatic rings. The zero-order valence-electron chi connectivity index (χ0n) is 17.1. The third kappa shape index (κ3) is 5.91. The molecule has 0 amide bonds. The molecule has 27 heavy (non-hydrogen) atoms. The summed E-state index contributed by atoms with van der Waals surface area (Å²) in [6.07, 6.45) is 1.37. The minimum atomic E-state index is 0.0159. The van der Waals surface area contributed by atoms with Gasteiger partial charge in [0.15, 0.2) is 5.16 Å². The number of para-hydroxylation sites is 1. The van der Waals surface area contributed by atoms with E-state index in [2.05, 4.69) is 32.6 Å². The van der Waals surface area contributed by atoms with Crippen LogP contribution in [0.15, 0.2) is 34.2 Å². The Kier molecular flexibility index (Phi) is 8.05. The molecule has 0 N–H and O–H groups in total. The fraction of sp³-hybridized carbons (Fsp3) is 0.571. The molecule has 0 saturated heterocycles. The molecule has 0 aliphatic carbocycles. The van der Waals surface area contributed by atoms with E-state index in [1.807, 2.05) is 24.3 Å². The molecule has 5 nitrogen and oxygen atoms in total. The van der Waals surface area contributed by atoms with Crippen LogP contribution in [0.1, 0.15) is 47.5 Å². The summed E-state index contributed by atoms with van der Waals surface area (Å²) < 4.78 is 1.80. The van der Waals surface area contributed by atoms with Crippen LogP contribution in [0, 0.1) is 0 Å². The van der Waals surface area contributed by atoms with E-state index in [0.717, 1.165) is 29.4 Å². The first-order valence-electron chi connectivity index (χ1n) is 9.68. The topological polar surface area (TPSA) is 55.2 Å². The number of carbonyl (C=O) groups is 1. The SMILES string of the molecule is CC(=O)CCCSc1nc2ccccc2c(=O)n1CCN(C(C)C)C(C)C. The second-order valence-electron chi connectivity index (χ2n) is 7.45.